The fourth-order valence-electron chi connectivity index (χ4n) is 2.80. The number of benzene rings is 1. The van der Waals surface area contributed by atoms with Gasteiger partial charge < -0.3 is 20.3 Å². The van der Waals surface area contributed by atoms with E-state index >= 15 is 0 Å². The second kappa shape index (κ2) is 8.02. The van der Waals surface area contributed by atoms with E-state index in [9.17, 15) is 4.79 Å². The van der Waals surface area contributed by atoms with Crippen LogP contribution in [0.5, 0.6) is 5.75 Å². The molecular weight excluding hydrogens is 290 g/mol. The first-order valence-corrected chi connectivity index (χ1v) is 8.17. The lowest BCUT2D eigenvalue weighted by atomic mass is 10.0. The number of piperidine rings is 1. The zero-order chi connectivity index (χ0) is 16.8. The van der Waals surface area contributed by atoms with E-state index < -0.39 is 0 Å². The zero-order valence-corrected chi connectivity index (χ0v) is 14.3. The lowest BCUT2D eigenvalue weighted by Crippen LogP contribution is -2.43. The molecule has 0 saturated carbocycles. The van der Waals surface area contributed by atoms with E-state index in [0.29, 0.717) is 24.1 Å². The van der Waals surface area contributed by atoms with Crippen LogP contribution in [0.15, 0.2) is 24.3 Å². The lowest BCUT2D eigenvalue weighted by molar-refractivity contribution is -0.127. The Balaban J connectivity index is 1.96. The minimum absolute atomic E-state index is 0.0343. The molecule has 1 heterocycles. The molecule has 2 rings (SSSR count). The van der Waals surface area contributed by atoms with Gasteiger partial charge >= 0.3 is 0 Å². The van der Waals surface area contributed by atoms with Gasteiger partial charge in [-0.05, 0) is 63.7 Å². The molecule has 0 aromatic heterocycles. The largest absolute Gasteiger partial charge is 0.492 e. The summed E-state index contributed by atoms with van der Waals surface area (Å²) in [5.74, 6) is 0.714. The van der Waals surface area contributed by atoms with Crippen molar-refractivity contribution in [2.75, 3.05) is 39.5 Å². The van der Waals surface area contributed by atoms with Crippen molar-refractivity contribution in [2.45, 2.75) is 25.8 Å². The van der Waals surface area contributed by atoms with Gasteiger partial charge in [0.1, 0.15) is 5.75 Å². The van der Waals surface area contributed by atoms with E-state index in [1.54, 1.807) is 12.2 Å². The molecule has 1 fully saturated rings. The maximum Gasteiger partial charge on any atom is 0.246 e. The van der Waals surface area contributed by atoms with Crippen LogP contribution in [0.3, 0.4) is 0 Å². The maximum atomic E-state index is 12.3. The van der Waals surface area contributed by atoms with E-state index in [0.717, 1.165) is 31.5 Å². The molecule has 0 unspecified atom stereocenters. The normalized spacial score (nSPS) is 16.7. The first-order valence-electron chi connectivity index (χ1n) is 8.17. The van der Waals surface area contributed by atoms with Gasteiger partial charge in [-0.25, -0.2) is 0 Å². The monoisotopic (exact) mass is 317 g/mol. The van der Waals surface area contributed by atoms with Gasteiger partial charge in [0.2, 0.25) is 5.91 Å². The van der Waals surface area contributed by atoms with Crippen molar-refractivity contribution in [3.05, 3.63) is 29.8 Å². The Kier molecular flexibility index (Phi) is 6.04. The second-order valence-corrected chi connectivity index (χ2v) is 6.05. The van der Waals surface area contributed by atoms with Crippen LogP contribution >= 0.6 is 0 Å². The number of likely N-dealkylation sites (N-methyl/N-ethyl adjacent to an activating group) is 1. The highest BCUT2D eigenvalue weighted by molar-refractivity contribution is 5.92. The summed E-state index contributed by atoms with van der Waals surface area (Å²) in [6.07, 6.45) is 5.48. The Hall–Kier alpha value is -2.01. The maximum absolute atomic E-state index is 12.3. The van der Waals surface area contributed by atoms with E-state index in [1.807, 2.05) is 37.1 Å². The molecule has 0 spiro atoms. The van der Waals surface area contributed by atoms with Gasteiger partial charge in [0.05, 0.1) is 12.3 Å². The lowest BCUT2D eigenvalue weighted by Gasteiger charge is -2.34. The summed E-state index contributed by atoms with van der Waals surface area (Å²) in [5.41, 5.74) is 7.43. The van der Waals surface area contributed by atoms with E-state index in [1.165, 1.54) is 0 Å². The Morgan fingerprint density at radius 2 is 2.13 bits per heavy atom. The quantitative estimate of drug-likeness (QED) is 0.668. The third-order valence-electron chi connectivity index (χ3n) is 4.34. The molecule has 0 radical (unpaired) electrons. The van der Waals surface area contributed by atoms with Crippen LogP contribution in [0.2, 0.25) is 0 Å². The molecule has 0 bridgehead atoms. The molecule has 1 aliphatic heterocycles. The van der Waals surface area contributed by atoms with Crippen LogP contribution in [0.1, 0.15) is 25.3 Å². The van der Waals surface area contributed by atoms with Gasteiger partial charge in [-0.3, -0.25) is 4.79 Å². The summed E-state index contributed by atoms with van der Waals surface area (Å²) in [5, 5.41) is 0. The summed E-state index contributed by atoms with van der Waals surface area (Å²) in [6, 6.07) is 5.89. The predicted molar refractivity (Wildman–Crippen MR) is 94.3 cm³/mol. The summed E-state index contributed by atoms with van der Waals surface area (Å²) in [6.45, 7) is 4.59. The fraction of sp³-hybridized carbons (Fsp3) is 0.500. The van der Waals surface area contributed by atoms with Crippen molar-refractivity contribution in [1.29, 1.82) is 0 Å². The van der Waals surface area contributed by atoms with Gasteiger partial charge in [0, 0.05) is 19.2 Å². The first kappa shape index (κ1) is 17.3. The molecule has 126 valence electrons. The first-order chi connectivity index (χ1) is 11.0. The molecule has 1 saturated heterocycles. The summed E-state index contributed by atoms with van der Waals surface area (Å²) >= 11 is 0. The number of nitrogens with two attached hydrogens (primary N) is 1. The topological polar surface area (TPSA) is 58.8 Å². The Labute approximate surface area is 138 Å². The van der Waals surface area contributed by atoms with E-state index in [4.69, 9.17) is 10.5 Å². The smallest absolute Gasteiger partial charge is 0.246 e. The Morgan fingerprint density at radius 1 is 1.43 bits per heavy atom. The molecule has 5 heteroatoms. The van der Waals surface area contributed by atoms with Gasteiger partial charge in [-0.15, -0.1) is 0 Å². The van der Waals surface area contributed by atoms with Crippen LogP contribution in [0.4, 0.5) is 5.69 Å². The number of amides is 1. The van der Waals surface area contributed by atoms with Crippen molar-refractivity contribution in [1.82, 2.24) is 9.80 Å². The highest BCUT2D eigenvalue weighted by Crippen LogP contribution is 2.23. The number of carbonyl (C=O) groups excluding carboxylic acids is 1. The minimum atomic E-state index is 0.0343. The van der Waals surface area contributed by atoms with Crippen LogP contribution in [0, 0.1) is 0 Å². The van der Waals surface area contributed by atoms with Gasteiger partial charge in [0.25, 0.3) is 0 Å². The van der Waals surface area contributed by atoms with Crippen molar-refractivity contribution >= 4 is 17.7 Å². The number of carbonyl (C=O) groups is 1. The number of anilines is 1. The van der Waals surface area contributed by atoms with Crippen LogP contribution in [-0.4, -0.2) is 55.5 Å². The average Bonchev–Trinajstić information content (AvgIpc) is 2.55. The standard InChI is InChI=1S/C18H27N3O2/c1-4-23-17-7-5-14(13-16(17)19)6-8-18(22)21(3)15-9-11-20(2)12-10-15/h5-8,13,15H,4,9-12,19H2,1-3H3/b8-6-. The Morgan fingerprint density at radius 3 is 2.74 bits per heavy atom. The van der Waals surface area contributed by atoms with Gasteiger partial charge in [0.15, 0.2) is 0 Å². The molecule has 1 amide bonds. The molecule has 2 N–H and O–H groups in total. The number of nitrogens with zero attached hydrogens (tertiary/aromatic N) is 2. The Bertz CT molecular complexity index is 563. The predicted octanol–water partition coefficient (Wildman–Crippen LogP) is 2.23. The molecular formula is C18H27N3O2. The highest BCUT2D eigenvalue weighted by atomic mass is 16.5. The number of ether oxygens (including phenoxy) is 1. The van der Waals surface area contributed by atoms with Crippen molar-refractivity contribution in [3.63, 3.8) is 0 Å². The van der Waals surface area contributed by atoms with Crippen LogP contribution in [-0.2, 0) is 4.79 Å². The average molecular weight is 317 g/mol. The zero-order valence-electron chi connectivity index (χ0n) is 14.3. The molecule has 5 nitrogen and oxygen atoms in total. The third kappa shape index (κ3) is 4.73. The number of nitrogen functional groups attached to an aromatic ring is 1. The molecule has 1 aromatic carbocycles. The number of rotatable bonds is 5. The van der Waals surface area contributed by atoms with Crippen molar-refractivity contribution in [3.8, 4) is 5.75 Å². The SMILES string of the molecule is CCOc1ccc(/C=C\C(=O)N(C)C2CCN(C)CC2)cc1N. The summed E-state index contributed by atoms with van der Waals surface area (Å²) in [7, 11) is 4.00. The van der Waals surface area contributed by atoms with E-state index in [-0.39, 0.29) is 5.91 Å². The third-order valence-corrected chi connectivity index (χ3v) is 4.34. The summed E-state index contributed by atoms with van der Waals surface area (Å²) < 4.78 is 5.42. The fourth-order valence-corrected chi connectivity index (χ4v) is 2.80. The van der Waals surface area contributed by atoms with Crippen molar-refractivity contribution in [2.24, 2.45) is 0 Å². The summed E-state index contributed by atoms with van der Waals surface area (Å²) in [4.78, 5) is 16.5. The van der Waals surface area contributed by atoms with Crippen LogP contribution in [0.25, 0.3) is 6.08 Å². The highest BCUT2D eigenvalue weighted by Gasteiger charge is 2.22. The molecule has 1 aromatic rings. The van der Waals surface area contributed by atoms with Gasteiger partial charge in [-0.1, -0.05) is 6.07 Å². The van der Waals surface area contributed by atoms with E-state index in [2.05, 4.69) is 11.9 Å². The van der Waals surface area contributed by atoms with Gasteiger partial charge in [-0.2, -0.15) is 0 Å². The van der Waals surface area contributed by atoms with Crippen molar-refractivity contribution < 1.29 is 9.53 Å². The number of hydrogen-bond donors (Lipinski definition) is 1. The number of hydrogen-bond acceptors (Lipinski definition) is 4. The van der Waals surface area contributed by atoms with Crippen LogP contribution < -0.4 is 10.5 Å². The molecule has 0 atom stereocenters. The number of likely N-dealkylation sites (tertiary alicyclic amines) is 1. The molecule has 1 aliphatic rings. The second-order valence-electron chi connectivity index (χ2n) is 6.05. The minimum Gasteiger partial charge on any atom is -0.492 e. The molecule has 23 heavy (non-hydrogen) atoms. The molecule has 0 aliphatic carbocycles.